The van der Waals surface area contributed by atoms with Crippen molar-refractivity contribution in [1.82, 2.24) is 15.8 Å². The van der Waals surface area contributed by atoms with Crippen LogP contribution in [0.25, 0.3) is 0 Å². The third kappa shape index (κ3) is 1.72. The first kappa shape index (κ1) is 7.52. The zero-order valence-electron chi connectivity index (χ0n) is 6.75. The number of nitrogens with zero attached hydrogens (tertiary/aromatic N) is 1. The summed E-state index contributed by atoms with van der Waals surface area (Å²) in [6.45, 7) is 1.88. The quantitative estimate of drug-likeness (QED) is 0.574. The van der Waals surface area contributed by atoms with E-state index in [2.05, 4.69) is 21.2 Å². The van der Waals surface area contributed by atoms with Crippen LogP contribution in [0.1, 0.15) is 0 Å². The average Bonchev–Trinajstić information content (AvgIpc) is 2.59. The standard InChI is InChI=1S/C8H12N4/c1-2-4-9-8(3-1)12-7-5-10-11-6-7/h1-4,7,10-11H,5-6H2,(H,9,12). The third-order valence-corrected chi connectivity index (χ3v) is 1.84. The number of hydrogen-bond donors (Lipinski definition) is 3. The van der Waals surface area contributed by atoms with Crippen LogP contribution in [0.4, 0.5) is 5.82 Å². The monoisotopic (exact) mass is 164 g/mol. The molecule has 1 aliphatic heterocycles. The van der Waals surface area contributed by atoms with Crippen molar-refractivity contribution in [3.05, 3.63) is 24.4 Å². The van der Waals surface area contributed by atoms with Crippen molar-refractivity contribution < 1.29 is 0 Å². The maximum Gasteiger partial charge on any atom is 0.126 e. The van der Waals surface area contributed by atoms with Gasteiger partial charge in [-0.15, -0.1) is 0 Å². The van der Waals surface area contributed by atoms with E-state index in [1.165, 1.54) is 0 Å². The summed E-state index contributed by atoms with van der Waals surface area (Å²) in [7, 11) is 0. The molecule has 2 heterocycles. The average molecular weight is 164 g/mol. The van der Waals surface area contributed by atoms with E-state index in [0.29, 0.717) is 6.04 Å². The van der Waals surface area contributed by atoms with Gasteiger partial charge in [0.2, 0.25) is 0 Å². The number of anilines is 1. The lowest BCUT2D eigenvalue weighted by Gasteiger charge is -2.09. The molecule has 64 valence electrons. The fraction of sp³-hybridized carbons (Fsp3) is 0.375. The Morgan fingerprint density at radius 2 is 2.17 bits per heavy atom. The van der Waals surface area contributed by atoms with Crippen LogP contribution in [-0.2, 0) is 0 Å². The second-order valence-corrected chi connectivity index (χ2v) is 2.82. The highest BCUT2D eigenvalue weighted by molar-refractivity contribution is 5.34. The topological polar surface area (TPSA) is 49.0 Å². The summed E-state index contributed by atoms with van der Waals surface area (Å²) < 4.78 is 0. The van der Waals surface area contributed by atoms with Crippen LogP contribution in [0.2, 0.25) is 0 Å². The Morgan fingerprint density at radius 3 is 2.83 bits per heavy atom. The zero-order valence-corrected chi connectivity index (χ0v) is 6.75. The van der Waals surface area contributed by atoms with Crippen LogP contribution >= 0.6 is 0 Å². The van der Waals surface area contributed by atoms with Gasteiger partial charge in [0.1, 0.15) is 5.82 Å². The van der Waals surface area contributed by atoms with Crippen molar-refractivity contribution in [2.45, 2.75) is 6.04 Å². The lowest BCUT2D eigenvalue weighted by molar-refractivity contribution is 0.689. The summed E-state index contributed by atoms with van der Waals surface area (Å²) >= 11 is 0. The number of pyridine rings is 1. The molecule has 0 bridgehead atoms. The molecule has 0 amide bonds. The van der Waals surface area contributed by atoms with E-state index in [1.54, 1.807) is 6.20 Å². The smallest absolute Gasteiger partial charge is 0.126 e. The van der Waals surface area contributed by atoms with Crippen LogP contribution in [0, 0.1) is 0 Å². The van der Waals surface area contributed by atoms with Gasteiger partial charge in [0.15, 0.2) is 0 Å². The molecule has 0 atom stereocenters. The van der Waals surface area contributed by atoms with Crippen molar-refractivity contribution >= 4 is 5.82 Å². The third-order valence-electron chi connectivity index (χ3n) is 1.84. The fourth-order valence-corrected chi connectivity index (χ4v) is 1.22. The second-order valence-electron chi connectivity index (χ2n) is 2.82. The largest absolute Gasteiger partial charge is 0.365 e. The molecule has 1 saturated heterocycles. The van der Waals surface area contributed by atoms with Crippen molar-refractivity contribution in [3.8, 4) is 0 Å². The van der Waals surface area contributed by atoms with Gasteiger partial charge in [-0.3, -0.25) is 10.9 Å². The first-order valence-corrected chi connectivity index (χ1v) is 4.08. The molecule has 1 aliphatic rings. The number of hydrazine groups is 1. The number of hydrogen-bond acceptors (Lipinski definition) is 4. The predicted molar refractivity (Wildman–Crippen MR) is 47.7 cm³/mol. The molecular weight excluding hydrogens is 152 g/mol. The molecule has 1 aromatic rings. The van der Waals surface area contributed by atoms with E-state index in [0.717, 1.165) is 18.9 Å². The Morgan fingerprint density at radius 1 is 1.33 bits per heavy atom. The van der Waals surface area contributed by atoms with E-state index in [1.807, 2.05) is 18.2 Å². The Bertz CT molecular complexity index is 230. The lowest BCUT2D eigenvalue weighted by Crippen LogP contribution is -2.24. The first-order chi connectivity index (χ1) is 5.95. The number of nitrogens with one attached hydrogen (secondary N) is 3. The normalized spacial score (nSPS) is 18.0. The molecular formula is C8H12N4. The fourth-order valence-electron chi connectivity index (χ4n) is 1.22. The van der Waals surface area contributed by atoms with Crippen molar-refractivity contribution in [2.24, 2.45) is 0 Å². The van der Waals surface area contributed by atoms with Gasteiger partial charge in [0.05, 0.1) is 6.04 Å². The molecule has 1 aromatic heterocycles. The van der Waals surface area contributed by atoms with E-state index in [4.69, 9.17) is 0 Å². The van der Waals surface area contributed by atoms with E-state index < -0.39 is 0 Å². The molecule has 3 N–H and O–H groups in total. The Labute approximate surface area is 71.4 Å². The van der Waals surface area contributed by atoms with Gasteiger partial charge in [0, 0.05) is 19.3 Å². The molecule has 4 nitrogen and oxygen atoms in total. The van der Waals surface area contributed by atoms with E-state index in [9.17, 15) is 0 Å². The van der Waals surface area contributed by atoms with Gasteiger partial charge < -0.3 is 5.32 Å². The molecule has 1 fully saturated rings. The maximum absolute atomic E-state index is 4.18. The molecule has 0 aromatic carbocycles. The Hall–Kier alpha value is -1.13. The maximum atomic E-state index is 4.18. The highest BCUT2D eigenvalue weighted by Crippen LogP contribution is 2.02. The van der Waals surface area contributed by atoms with Crippen molar-refractivity contribution in [3.63, 3.8) is 0 Å². The Kier molecular flexibility index (Phi) is 2.20. The molecule has 0 aliphatic carbocycles. The van der Waals surface area contributed by atoms with Crippen LogP contribution in [0.15, 0.2) is 24.4 Å². The summed E-state index contributed by atoms with van der Waals surface area (Å²) in [5.74, 6) is 0.938. The SMILES string of the molecule is c1ccc(NC2CNNC2)nc1. The van der Waals surface area contributed by atoms with Crippen molar-refractivity contribution in [1.29, 1.82) is 0 Å². The molecule has 0 spiro atoms. The summed E-state index contributed by atoms with van der Waals surface area (Å²) in [5.41, 5.74) is 6.10. The second kappa shape index (κ2) is 3.51. The van der Waals surface area contributed by atoms with Gasteiger partial charge >= 0.3 is 0 Å². The minimum atomic E-state index is 0.444. The number of aromatic nitrogens is 1. The molecule has 12 heavy (non-hydrogen) atoms. The van der Waals surface area contributed by atoms with E-state index in [-0.39, 0.29) is 0 Å². The molecule has 2 rings (SSSR count). The van der Waals surface area contributed by atoms with Crippen LogP contribution in [0.5, 0.6) is 0 Å². The van der Waals surface area contributed by atoms with Crippen LogP contribution in [-0.4, -0.2) is 24.1 Å². The highest BCUT2D eigenvalue weighted by Gasteiger charge is 2.12. The summed E-state index contributed by atoms with van der Waals surface area (Å²) in [5, 5.41) is 3.30. The van der Waals surface area contributed by atoms with Gasteiger partial charge in [-0.2, -0.15) is 0 Å². The van der Waals surface area contributed by atoms with Gasteiger partial charge in [-0.1, -0.05) is 6.07 Å². The Balaban J connectivity index is 1.94. The summed E-state index contributed by atoms with van der Waals surface area (Å²) in [4.78, 5) is 4.18. The first-order valence-electron chi connectivity index (χ1n) is 4.08. The highest BCUT2D eigenvalue weighted by atomic mass is 15.4. The van der Waals surface area contributed by atoms with Crippen LogP contribution in [0.3, 0.4) is 0 Å². The minimum absolute atomic E-state index is 0.444. The van der Waals surface area contributed by atoms with Crippen LogP contribution < -0.4 is 16.2 Å². The molecule has 0 radical (unpaired) electrons. The van der Waals surface area contributed by atoms with Gasteiger partial charge in [-0.05, 0) is 12.1 Å². The van der Waals surface area contributed by atoms with Crippen molar-refractivity contribution in [2.75, 3.05) is 18.4 Å². The molecule has 4 heteroatoms. The lowest BCUT2D eigenvalue weighted by atomic mass is 10.3. The predicted octanol–water partition coefficient (Wildman–Crippen LogP) is -0.0301. The summed E-state index contributed by atoms with van der Waals surface area (Å²) in [6, 6.07) is 6.31. The minimum Gasteiger partial charge on any atom is -0.365 e. The van der Waals surface area contributed by atoms with Gasteiger partial charge in [0.25, 0.3) is 0 Å². The van der Waals surface area contributed by atoms with Gasteiger partial charge in [-0.25, -0.2) is 4.98 Å². The summed E-state index contributed by atoms with van der Waals surface area (Å²) in [6.07, 6.45) is 1.79. The number of rotatable bonds is 2. The molecule has 0 unspecified atom stereocenters. The van der Waals surface area contributed by atoms with E-state index >= 15 is 0 Å². The molecule has 0 saturated carbocycles. The zero-order chi connectivity index (χ0) is 8.23.